The van der Waals surface area contributed by atoms with Gasteiger partial charge in [0.05, 0.1) is 0 Å². The molecule has 0 aromatic carbocycles. The average Bonchev–Trinajstić information content (AvgIpc) is 2.10. The Hall–Kier alpha value is -0.00169. The molecule has 1 aliphatic rings. The van der Waals surface area contributed by atoms with Gasteiger partial charge in [-0.25, -0.2) is 0 Å². The molecule has 47 valence electrons. The number of rotatable bonds is 0. The van der Waals surface area contributed by atoms with Crippen molar-refractivity contribution >= 4 is 20.8 Å². The van der Waals surface area contributed by atoms with E-state index in [4.69, 9.17) is 0 Å². The average molecular weight is 224 g/mol. The van der Waals surface area contributed by atoms with Gasteiger partial charge in [-0.1, -0.05) is 0 Å². The molecule has 0 bridgehead atoms. The number of carbonyl (C=O) groups is 1. The van der Waals surface area contributed by atoms with Gasteiger partial charge >= 0.3 is 65.3 Å². The van der Waals surface area contributed by atoms with Crippen LogP contribution < -0.4 is 0 Å². The summed E-state index contributed by atoms with van der Waals surface area (Å²) >= 11 is 1.67. The van der Waals surface area contributed by atoms with E-state index in [1.165, 1.54) is 0 Å². The molecule has 0 radical (unpaired) electrons. The molecular formula is C4H3MoNO2P. The van der Waals surface area contributed by atoms with Crippen LogP contribution in [-0.4, -0.2) is 11.6 Å². The molecule has 0 saturated heterocycles. The monoisotopic (exact) mass is 226 g/mol. The van der Waals surface area contributed by atoms with Crippen LogP contribution in [0.15, 0.2) is 15.2 Å². The second-order valence-corrected chi connectivity index (χ2v) is 2.42. The Morgan fingerprint density at radius 3 is 2.67 bits per heavy atom. The molecule has 1 aliphatic heterocycles. The molecule has 0 aromatic heterocycles. The third-order valence-electron chi connectivity index (χ3n) is 0.749. The van der Waals surface area contributed by atoms with Crippen LogP contribution in [0, 0.1) is 0 Å². The predicted octanol–water partition coefficient (Wildman–Crippen LogP) is 0.162. The molecule has 1 unspecified atom stereocenters. The third-order valence-corrected chi connectivity index (χ3v) is 1.54. The summed E-state index contributed by atoms with van der Waals surface area (Å²) in [5, 5.41) is 0. The van der Waals surface area contributed by atoms with Crippen LogP contribution >= 0.6 is 9.24 Å². The van der Waals surface area contributed by atoms with Crippen LogP contribution in [0.4, 0.5) is 0 Å². The summed E-state index contributed by atoms with van der Waals surface area (Å²) < 4.78 is 6.19. The zero-order valence-corrected chi connectivity index (χ0v) is 7.49. The Morgan fingerprint density at radius 1 is 1.78 bits per heavy atom. The second kappa shape index (κ2) is 2.72. The molecule has 0 saturated carbocycles. The van der Waals surface area contributed by atoms with Gasteiger partial charge in [-0.05, 0) is 0 Å². The Balaban J connectivity index is 2.89. The number of ether oxygens (including phenoxy) is 1. The number of esters is 1. The van der Waals surface area contributed by atoms with Crippen molar-refractivity contribution in [1.29, 1.82) is 0 Å². The van der Waals surface area contributed by atoms with Crippen molar-refractivity contribution in [3.05, 3.63) is 10.2 Å². The molecule has 0 aliphatic carbocycles. The molecule has 1 rings (SSSR count). The molecule has 1 heterocycles. The van der Waals surface area contributed by atoms with Crippen LogP contribution in [0.25, 0.3) is 0 Å². The van der Waals surface area contributed by atoms with E-state index in [-0.39, 0.29) is 5.97 Å². The van der Waals surface area contributed by atoms with Gasteiger partial charge in [0.2, 0.25) is 0 Å². The van der Waals surface area contributed by atoms with E-state index in [0.717, 1.165) is 0 Å². The summed E-state index contributed by atoms with van der Waals surface area (Å²) in [5.41, 5.74) is 0.722. The van der Waals surface area contributed by atoms with E-state index in [9.17, 15) is 4.79 Å². The van der Waals surface area contributed by atoms with Crippen LogP contribution in [0.2, 0.25) is 0 Å². The molecule has 5 heteroatoms. The fraction of sp³-hybridized carbons (Fsp3) is 0. The first-order valence-corrected chi connectivity index (χ1v) is 3.86. The summed E-state index contributed by atoms with van der Waals surface area (Å²) in [6.45, 7) is 0. The first-order chi connectivity index (χ1) is 4.24. The number of carbonyl (C=O) groups excluding carboxylic acids is 1. The summed E-state index contributed by atoms with van der Waals surface area (Å²) in [6.07, 6.45) is 0. The fourth-order valence-electron chi connectivity index (χ4n) is 0.409. The molecule has 3 nitrogen and oxygen atoms in total. The zero-order chi connectivity index (χ0) is 6.85. The maximum atomic E-state index is 10.6. The van der Waals surface area contributed by atoms with Crippen molar-refractivity contribution in [2.75, 3.05) is 0 Å². The maximum absolute atomic E-state index is 10.6. The van der Waals surface area contributed by atoms with Crippen LogP contribution in [0.1, 0.15) is 0 Å². The topological polar surface area (TPSA) is 38.7 Å². The molecule has 0 fully saturated rings. The molecule has 0 amide bonds. The van der Waals surface area contributed by atoms with Crippen molar-refractivity contribution in [3.8, 4) is 0 Å². The summed E-state index contributed by atoms with van der Waals surface area (Å²) in [5.74, 6) is -0.370. The van der Waals surface area contributed by atoms with E-state index in [2.05, 4.69) is 19.0 Å². The van der Waals surface area contributed by atoms with Gasteiger partial charge in [0.25, 0.3) is 0 Å². The number of aliphatic imine (C=N–C) groups is 1. The minimum absolute atomic E-state index is 0.342. The molecular weight excluding hydrogens is 221 g/mol. The SMILES string of the molecule is O=C1OC(P)=NC1=[CH][Mo]. The normalized spacial score (nSPS) is 22.1. The van der Waals surface area contributed by atoms with Gasteiger partial charge in [-0.2, -0.15) is 0 Å². The first-order valence-electron chi connectivity index (χ1n) is 2.12. The van der Waals surface area contributed by atoms with E-state index in [0.29, 0.717) is 11.3 Å². The van der Waals surface area contributed by atoms with Crippen molar-refractivity contribution in [2.45, 2.75) is 0 Å². The first kappa shape index (κ1) is 7.11. The van der Waals surface area contributed by atoms with Crippen molar-refractivity contribution in [3.63, 3.8) is 0 Å². The molecule has 0 aromatic rings. The van der Waals surface area contributed by atoms with E-state index in [1.54, 1.807) is 24.3 Å². The van der Waals surface area contributed by atoms with Gasteiger partial charge in [0, 0.05) is 0 Å². The summed E-state index contributed by atoms with van der Waals surface area (Å²) in [6, 6.07) is 0. The standard InChI is InChI=1S/C4H3NO2P.Mo/c1-2-3(6)7-4(8)5-2;/h1H,8H2;. The fourth-order valence-corrected chi connectivity index (χ4v) is 1.02. The van der Waals surface area contributed by atoms with Crippen molar-refractivity contribution in [1.82, 2.24) is 0 Å². The number of nitrogens with zero attached hydrogens (tertiary/aromatic N) is 1. The van der Waals surface area contributed by atoms with Crippen molar-refractivity contribution < 1.29 is 29.3 Å². The van der Waals surface area contributed by atoms with Gasteiger partial charge in [-0.15, -0.1) is 0 Å². The van der Waals surface area contributed by atoms with Crippen LogP contribution in [0.5, 0.6) is 0 Å². The number of hydrogen-bond acceptors (Lipinski definition) is 3. The summed E-state index contributed by atoms with van der Waals surface area (Å²) in [4.78, 5) is 14.4. The third kappa shape index (κ3) is 1.47. The Morgan fingerprint density at radius 2 is 2.44 bits per heavy atom. The number of cyclic esters (lactones) is 1. The van der Waals surface area contributed by atoms with E-state index >= 15 is 0 Å². The number of hydrogen-bond donors (Lipinski definition) is 0. The molecule has 1 atom stereocenters. The Kier molecular flexibility index (Phi) is 2.15. The van der Waals surface area contributed by atoms with Gasteiger partial charge in [0.15, 0.2) is 0 Å². The Labute approximate surface area is 65.7 Å². The Bertz CT molecular complexity index is 211. The zero-order valence-electron chi connectivity index (χ0n) is 4.33. The molecule has 0 spiro atoms. The summed E-state index contributed by atoms with van der Waals surface area (Å²) in [7, 11) is 2.22. The minimum atomic E-state index is -0.370. The second-order valence-electron chi connectivity index (χ2n) is 1.34. The van der Waals surface area contributed by atoms with Gasteiger partial charge < -0.3 is 0 Å². The van der Waals surface area contributed by atoms with E-state index in [1.807, 2.05) is 0 Å². The quantitative estimate of drug-likeness (QED) is 0.254. The van der Waals surface area contributed by atoms with Crippen molar-refractivity contribution in [2.24, 2.45) is 4.99 Å². The van der Waals surface area contributed by atoms with Crippen LogP contribution in [-0.2, 0) is 29.3 Å². The predicted molar refractivity (Wildman–Crippen MR) is 31.3 cm³/mol. The molecule has 9 heavy (non-hydrogen) atoms. The molecule has 0 N–H and O–H groups in total. The van der Waals surface area contributed by atoms with E-state index < -0.39 is 0 Å². The van der Waals surface area contributed by atoms with Crippen LogP contribution in [0.3, 0.4) is 0 Å². The van der Waals surface area contributed by atoms with Gasteiger partial charge in [-0.3, -0.25) is 0 Å². The van der Waals surface area contributed by atoms with Gasteiger partial charge in [0.1, 0.15) is 0 Å².